The normalized spacial score (nSPS) is 13.6. The number of para-hydroxylation sites is 1. The maximum atomic E-state index is 14.4. The Bertz CT molecular complexity index is 1130. The third-order valence-corrected chi connectivity index (χ3v) is 6.96. The Morgan fingerprint density at radius 1 is 0.950 bits per heavy atom. The summed E-state index contributed by atoms with van der Waals surface area (Å²) in [5, 5.41) is 5.92. The Hall–Kier alpha value is -3.35. The van der Waals surface area contributed by atoms with Gasteiger partial charge in [0.05, 0.1) is 0 Å². The number of anilines is 1. The second kappa shape index (κ2) is 14.9. The van der Waals surface area contributed by atoms with E-state index in [-0.39, 0.29) is 17.7 Å². The van der Waals surface area contributed by atoms with Crippen molar-refractivity contribution in [1.29, 1.82) is 0 Å². The van der Waals surface area contributed by atoms with Gasteiger partial charge in [-0.25, -0.2) is 4.79 Å². The zero-order valence-corrected chi connectivity index (χ0v) is 25.9. The van der Waals surface area contributed by atoms with Crippen LogP contribution >= 0.6 is 0 Å². The largest absolute Gasteiger partial charge is 0.444 e. The van der Waals surface area contributed by atoms with Crippen LogP contribution in [0.2, 0.25) is 0 Å². The Morgan fingerprint density at radius 2 is 1.57 bits per heavy atom. The summed E-state index contributed by atoms with van der Waals surface area (Å²) in [6, 6.07) is 11.9. The van der Waals surface area contributed by atoms with Crippen LogP contribution in [0, 0.1) is 26.7 Å². The van der Waals surface area contributed by atoms with Gasteiger partial charge in [0.2, 0.25) is 5.91 Å². The number of alkyl carbamates (subject to hydrolysis) is 1. The van der Waals surface area contributed by atoms with Crippen LogP contribution in [0.1, 0.15) is 95.5 Å². The lowest BCUT2D eigenvalue weighted by Crippen LogP contribution is -2.55. The molecule has 3 amide bonds. The zero-order chi connectivity index (χ0) is 30.0. The molecule has 0 heterocycles. The summed E-state index contributed by atoms with van der Waals surface area (Å²) >= 11 is 0. The third-order valence-electron chi connectivity index (χ3n) is 6.96. The molecule has 0 aliphatic heterocycles. The standard InChI is InChI=1S/C33H49N3O4/c1-10-12-15-18-36(31(38)28(24(5)11-2)35-32(39)40-33(7,8)9)29(26-20-22(3)19-23(4)21-26)30(37)34-27-17-14-13-16-25(27)6/h13-14,16-17,19-21,24,28-29H,10-12,15,18H2,1-9H3,(H,34,37)(H,35,39). The summed E-state index contributed by atoms with van der Waals surface area (Å²) < 4.78 is 5.51. The van der Waals surface area contributed by atoms with Gasteiger partial charge in [0, 0.05) is 12.2 Å². The minimum absolute atomic E-state index is 0.173. The van der Waals surface area contributed by atoms with Crippen LogP contribution in [-0.2, 0) is 14.3 Å². The van der Waals surface area contributed by atoms with Crippen molar-refractivity contribution < 1.29 is 19.1 Å². The molecule has 0 saturated carbocycles. The molecule has 0 spiro atoms. The molecule has 2 N–H and O–H groups in total. The van der Waals surface area contributed by atoms with Crippen molar-refractivity contribution in [3.8, 4) is 0 Å². The molecule has 0 radical (unpaired) electrons. The van der Waals surface area contributed by atoms with Gasteiger partial charge < -0.3 is 20.3 Å². The number of hydrogen-bond donors (Lipinski definition) is 2. The van der Waals surface area contributed by atoms with E-state index < -0.39 is 23.8 Å². The first-order valence-corrected chi connectivity index (χ1v) is 14.5. The van der Waals surface area contributed by atoms with Crippen molar-refractivity contribution in [2.45, 2.75) is 106 Å². The van der Waals surface area contributed by atoms with Crippen LogP contribution in [0.4, 0.5) is 10.5 Å². The molecule has 2 rings (SSSR count). The number of aryl methyl sites for hydroxylation is 3. The monoisotopic (exact) mass is 551 g/mol. The number of hydrogen-bond acceptors (Lipinski definition) is 4. The Kier molecular flexibility index (Phi) is 12.2. The highest BCUT2D eigenvalue weighted by Crippen LogP contribution is 2.29. The minimum Gasteiger partial charge on any atom is -0.444 e. The molecule has 2 aromatic rings. The van der Waals surface area contributed by atoms with E-state index in [1.165, 1.54) is 0 Å². The van der Waals surface area contributed by atoms with Crippen LogP contribution in [0.5, 0.6) is 0 Å². The molecule has 3 unspecified atom stereocenters. The van der Waals surface area contributed by atoms with Gasteiger partial charge in [-0.3, -0.25) is 9.59 Å². The zero-order valence-electron chi connectivity index (χ0n) is 25.9. The van der Waals surface area contributed by atoms with Gasteiger partial charge in [-0.15, -0.1) is 0 Å². The molecular formula is C33H49N3O4. The van der Waals surface area contributed by atoms with Gasteiger partial charge >= 0.3 is 6.09 Å². The topological polar surface area (TPSA) is 87.7 Å². The second-order valence-electron chi connectivity index (χ2n) is 11.9. The van der Waals surface area contributed by atoms with E-state index >= 15 is 0 Å². The molecule has 2 aromatic carbocycles. The summed E-state index contributed by atoms with van der Waals surface area (Å²) in [4.78, 5) is 43.0. The van der Waals surface area contributed by atoms with Crippen molar-refractivity contribution >= 4 is 23.6 Å². The molecule has 0 fully saturated rings. The van der Waals surface area contributed by atoms with Crippen molar-refractivity contribution in [1.82, 2.24) is 10.2 Å². The number of nitrogens with zero attached hydrogens (tertiary/aromatic N) is 1. The van der Waals surface area contributed by atoms with Gasteiger partial charge in [-0.05, 0) is 71.1 Å². The van der Waals surface area contributed by atoms with Crippen LogP contribution in [0.25, 0.3) is 0 Å². The summed E-state index contributed by atoms with van der Waals surface area (Å²) in [5.74, 6) is -0.752. The maximum absolute atomic E-state index is 14.4. The first-order valence-electron chi connectivity index (χ1n) is 14.5. The SMILES string of the molecule is CCCCCN(C(=O)C(NC(=O)OC(C)(C)C)C(C)CC)C(C(=O)Nc1ccccc1C)c1cc(C)cc(C)c1. The molecule has 0 aromatic heterocycles. The number of amides is 3. The lowest BCUT2D eigenvalue weighted by Gasteiger charge is -2.36. The minimum atomic E-state index is -0.880. The van der Waals surface area contributed by atoms with Gasteiger partial charge in [0.1, 0.15) is 17.7 Å². The van der Waals surface area contributed by atoms with E-state index in [0.717, 1.165) is 41.5 Å². The van der Waals surface area contributed by atoms with Crippen LogP contribution in [0.15, 0.2) is 42.5 Å². The van der Waals surface area contributed by atoms with E-state index in [1.54, 1.807) is 25.7 Å². The predicted octanol–water partition coefficient (Wildman–Crippen LogP) is 7.25. The van der Waals surface area contributed by atoms with Crippen LogP contribution < -0.4 is 10.6 Å². The number of nitrogens with one attached hydrogen (secondary N) is 2. The highest BCUT2D eigenvalue weighted by molar-refractivity contribution is 5.99. The fourth-order valence-corrected chi connectivity index (χ4v) is 4.75. The fourth-order valence-electron chi connectivity index (χ4n) is 4.75. The van der Waals surface area contributed by atoms with E-state index in [9.17, 15) is 14.4 Å². The Labute approximate surface area is 241 Å². The van der Waals surface area contributed by atoms with Crippen molar-refractivity contribution in [3.63, 3.8) is 0 Å². The summed E-state index contributed by atoms with van der Waals surface area (Å²) in [6.07, 6.45) is 2.64. The maximum Gasteiger partial charge on any atom is 0.408 e. The fraction of sp³-hybridized carbons (Fsp3) is 0.545. The Balaban J connectivity index is 2.61. The summed E-state index contributed by atoms with van der Waals surface area (Å²) in [6.45, 7) is 17.7. The van der Waals surface area contributed by atoms with Crippen molar-refractivity contribution in [2.24, 2.45) is 5.92 Å². The lowest BCUT2D eigenvalue weighted by atomic mass is 9.94. The highest BCUT2D eigenvalue weighted by Gasteiger charge is 2.38. The predicted molar refractivity (Wildman–Crippen MR) is 162 cm³/mol. The van der Waals surface area contributed by atoms with Gasteiger partial charge in [-0.1, -0.05) is 87.6 Å². The van der Waals surface area contributed by atoms with E-state index in [4.69, 9.17) is 4.74 Å². The average Bonchev–Trinajstić information content (AvgIpc) is 2.85. The van der Waals surface area contributed by atoms with Gasteiger partial charge in [-0.2, -0.15) is 0 Å². The second-order valence-corrected chi connectivity index (χ2v) is 11.9. The molecule has 7 nitrogen and oxygen atoms in total. The van der Waals surface area contributed by atoms with E-state index in [0.29, 0.717) is 18.7 Å². The first-order chi connectivity index (χ1) is 18.8. The number of carbonyl (C=O) groups is 3. The molecule has 0 saturated heterocycles. The first kappa shape index (κ1) is 32.9. The smallest absolute Gasteiger partial charge is 0.408 e. The van der Waals surface area contributed by atoms with E-state index in [1.807, 2.05) is 71.0 Å². The number of unbranched alkanes of at least 4 members (excludes halogenated alkanes) is 2. The molecule has 220 valence electrons. The number of rotatable bonds is 12. The van der Waals surface area contributed by atoms with E-state index in [2.05, 4.69) is 23.6 Å². The van der Waals surface area contributed by atoms with Gasteiger partial charge in [0.15, 0.2) is 0 Å². The van der Waals surface area contributed by atoms with Crippen LogP contribution in [0.3, 0.4) is 0 Å². The molecule has 40 heavy (non-hydrogen) atoms. The third kappa shape index (κ3) is 9.68. The molecule has 0 bridgehead atoms. The van der Waals surface area contributed by atoms with Crippen molar-refractivity contribution in [3.05, 3.63) is 64.7 Å². The average molecular weight is 552 g/mol. The summed E-state index contributed by atoms with van der Waals surface area (Å²) in [5.41, 5.74) is 3.69. The lowest BCUT2D eigenvalue weighted by molar-refractivity contribution is -0.142. The molecule has 0 aliphatic rings. The number of carbonyl (C=O) groups excluding carboxylic acids is 3. The quantitative estimate of drug-likeness (QED) is 0.272. The molecular weight excluding hydrogens is 502 g/mol. The van der Waals surface area contributed by atoms with Crippen LogP contribution in [-0.4, -0.2) is 41.0 Å². The van der Waals surface area contributed by atoms with Crippen molar-refractivity contribution in [2.75, 3.05) is 11.9 Å². The summed E-state index contributed by atoms with van der Waals surface area (Å²) in [7, 11) is 0. The molecule has 0 aliphatic carbocycles. The number of ether oxygens (including phenoxy) is 1. The van der Waals surface area contributed by atoms with Gasteiger partial charge in [0.25, 0.3) is 5.91 Å². The molecule has 7 heteroatoms. The molecule has 3 atom stereocenters. The Morgan fingerprint density at radius 3 is 2.12 bits per heavy atom. The highest BCUT2D eigenvalue weighted by atomic mass is 16.6. The number of benzene rings is 2.